The van der Waals surface area contributed by atoms with E-state index in [1.807, 2.05) is 0 Å². The molecule has 3 N–H and O–H groups in total. The van der Waals surface area contributed by atoms with Gasteiger partial charge in [-0.2, -0.15) is 0 Å². The van der Waals surface area contributed by atoms with Gasteiger partial charge < -0.3 is 15.7 Å². The number of hydrogen-bond donors (Lipinski definition) is 3. The van der Waals surface area contributed by atoms with Crippen LogP contribution in [-0.4, -0.2) is 17.6 Å². The smallest absolute Gasteiger partial charge is 0.221 e. The summed E-state index contributed by atoms with van der Waals surface area (Å²) in [4.78, 5) is 10.5. The first kappa shape index (κ1) is 7.65. The molecular formula is C7H10N2O2. The number of allylic oxidation sites excluding steroid dienone is 1. The Kier molecular flexibility index (Phi) is 2.15. The maximum atomic E-state index is 10.5. The minimum atomic E-state index is -0.149. The van der Waals surface area contributed by atoms with Gasteiger partial charge in [0.2, 0.25) is 5.91 Å². The van der Waals surface area contributed by atoms with E-state index in [0.717, 1.165) is 0 Å². The van der Waals surface area contributed by atoms with Crippen molar-refractivity contribution in [2.45, 2.75) is 6.92 Å². The van der Waals surface area contributed by atoms with Gasteiger partial charge in [-0.25, -0.2) is 0 Å². The summed E-state index contributed by atoms with van der Waals surface area (Å²) in [7, 11) is 0. The van der Waals surface area contributed by atoms with Gasteiger partial charge in [0, 0.05) is 19.2 Å². The number of amides is 1. The van der Waals surface area contributed by atoms with E-state index >= 15 is 0 Å². The molecule has 0 aromatic heterocycles. The summed E-state index contributed by atoms with van der Waals surface area (Å²) in [6, 6.07) is 0. The van der Waals surface area contributed by atoms with Crippen molar-refractivity contribution in [2.24, 2.45) is 0 Å². The average molecular weight is 154 g/mol. The lowest BCUT2D eigenvalue weighted by atomic mass is 10.3. The van der Waals surface area contributed by atoms with E-state index in [1.165, 1.54) is 13.0 Å². The maximum Gasteiger partial charge on any atom is 0.221 e. The van der Waals surface area contributed by atoms with Gasteiger partial charge in [0.05, 0.1) is 12.2 Å². The second kappa shape index (κ2) is 3.09. The lowest BCUT2D eigenvalue weighted by molar-refractivity contribution is -0.118. The molecule has 0 spiro atoms. The van der Waals surface area contributed by atoms with E-state index in [0.29, 0.717) is 12.2 Å². The van der Waals surface area contributed by atoms with Gasteiger partial charge in [0.15, 0.2) is 0 Å². The monoisotopic (exact) mass is 154 g/mol. The van der Waals surface area contributed by atoms with E-state index < -0.39 is 0 Å². The Morgan fingerprint density at radius 3 is 3.09 bits per heavy atom. The first-order chi connectivity index (χ1) is 5.18. The summed E-state index contributed by atoms with van der Waals surface area (Å²) in [6.45, 7) is 1.84. The molecule has 4 nitrogen and oxygen atoms in total. The normalized spacial score (nSPS) is 16.1. The molecule has 60 valence electrons. The third-order valence-corrected chi connectivity index (χ3v) is 1.18. The van der Waals surface area contributed by atoms with Crippen molar-refractivity contribution in [1.29, 1.82) is 0 Å². The van der Waals surface area contributed by atoms with Crippen LogP contribution < -0.4 is 10.6 Å². The number of rotatable bonds is 1. The van der Waals surface area contributed by atoms with Gasteiger partial charge in [-0.1, -0.05) is 0 Å². The molecule has 0 bridgehead atoms. The molecule has 0 unspecified atom stereocenters. The fraction of sp³-hybridized carbons (Fsp3) is 0.286. The van der Waals surface area contributed by atoms with Crippen LogP contribution in [0.25, 0.3) is 0 Å². The van der Waals surface area contributed by atoms with Crippen LogP contribution in [0.15, 0.2) is 23.7 Å². The van der Waals surface area contributed by atoms with Gasteiger partial charge in [0.25, 0.3) is 0 Å². The molecule has 0 radical (unpaired) electrons. The summed E-state index contributed by atoms with van der Waals surface area (Å²) in [5.41, 5.74) is 0.584. The van der Waals surface area contributed by atoms with Crippen molar-refractivity contribution in [3.63, 3.8) is 0 Å². The van der Waals surface area contributed by atoms with Gasteiger partial charge >= 0.3 is 0 Å². The predicted molar refractivity (Wildman–Crippen MR) is 40.6 cm³/mol. The van der Waals surface area contributed by atoms with Gasteiger partial charge in [-0.15, -0.1) is 0 Å². The number of hydrogen-bond acceptors (Lipinski definition) is 3. The Morgan fingerprint density at radius 1 is 1.82 bits per heavy atom. The fourth-order valence-corrected chi connectivity index (χ4v) is 0.813. The molecule has 0 aromatic carbocycles. The van der Waals surface area contributed by atoms with Crippen molar-refractivity contribution in [2.75, 3.05) is 6.54 Å². The molecule has 0 saturated carbocycles. The van der Waals surface area contributed by atoms with E-state index in [2.05, 4.69) is 10.6 Å². The van der Waals surface area contributed by atoms with E-state index in [9.17, 15) is 4.79 Å². The standard InChI is InChI=1S/C7H10N2O2/c1-5(10)9-6-2-7(11)4-8-3-6/h2-3,8,11H,4H2,1H3,(H,9,10). The summed E-state index contributed by atoms with van der Waals surface area (Å²) in [5, 5.41) is 14.3. The van der Waals surface area contributed by atoms with Crippen LogP contribution >= 0.6 is 0 Å². The zero-order valence-corrected chi connectivity index (χ0v) is 6.22. The van der Waals surface area contributed by atoms with Gasteiger partial charge in [0.1, 0.15) is 5.76 Å². The number of carbonyl (C=O) groups is 1. The van der Waals surface area contributed by atoms with Crippen LogP contribution in [0.1, 0.15) is 6.92 Å². The molecule has 1 aliphatic rings. The highest BCUT2D eigenvalue weighted by molar-refractivity contribution is 5.75. The Labute approximate surface area is 64.6 Å². The molecule has 11 heavy (non-hydrogen) atoms. The van der Waals surface area contributed by atoms with E-state index in [-0.39, 0.29) is 11.7 Å². The van der Waals surface area contributed by atoms with Crippen LogP contribution in [0.2, 0.25) is 0 Å². The molecule has 0 atom stereocenters. The summed E-state index contributed by atoms with van der Waals surface area (Å²) in [5.74, 6) is 0.0697. The lowest BCUT2D eigenvalue weighted by Crippen LogP contribution is -2.24. The molecular weight excluding hydrogens is 144 g/mol. The highest BCUT2D eigenvalue weighted by Gasteiger charge is 2.02. The number of aliphatic hydroxyl groups is 1. The molecule has 1 heterocycles. The highest BCUT2D eigenvalue weighted by atomic mass is 16.3. The lowest BCUT2D eigenvalue weighted by Gasteiger charge is -2.10. The first-order valence-electron chi connectivity index (χ1n) is 3.29. The van der Waals surface area contributed by atoms with Crippen molar-refractivity contribution >= 4 is 5.91 Å². The number of nitrogens with one attached hydrogen (secondary N) is 2. The largest absolute Gasteiger partial charge is 0.510 e. The number of aliphatic hydroxyl groups excluding tert-OH is 1. The van der Waals surface area contributed by atoms with Crippen molar-refractivity contribution in [3.05, 3.63) is 23.7 Å². The van der Waals surface area contributed by atoms with Gasteiger partial charge in [-0.05, 0) is 0 Å². The fourth-order valence-electron chi connectivity index (χ4n) is 0.813. The first-order valence-corrected chi connectivity index (χ1v) is 3.29. The SMILES string of the molecule is CC(=O)NC1=CNCC(O)=C1. The predicted octanol–water partition coefficient (Wildman–Crippen LogP) is 0.00900. The summed E-state index contributed by atoms with van der Waals surface area (Å²) in [6.07, 6.45) is 3.15. The van der Waals surface area contributed by atoms with E-state index in [1.54, 1.807) is 6.20 Å². The Balaban J connectivity index is 2.59. The number of dihydropyridines is 1. The Hall–Kier alpha value is -1.45. The van der Waals surface area contributed by atoms with Crippen LogP contribution in [0.5, 0.6) is 0 Å². The molecule has 0 fully saturated rings. The zero-order chi connectivity index (χ0) is 8.27. The number of carbonyl (C=O) groups excluding carboxylic acids is 1. The molecule has 1 amide bonds. The molecule has 0 aromatic rings. The van der Waals surface area contributed by atoms with Gasteiger partial charge in [-0.3, -0.25) is 4.79 Å². The summed E-state index contributed by atoms with van der Waals surface area (Å²) < 4.78 is 0. The van der Waals surface area contributed by atoms with Crippen LogP contribution in [0.3, 0.4) is 0 Å². The molecule has 1 rings (SSSR count). The molecule has 4 heteroatoms. The highest BCUT2D eigenvalue weighted by Crippen LogP contribution is 2.00. The topological polar surface area (TPSA) is 61.4 Å². The van der Waals surface area contributed by atoms with Crippen LogP contribution in [-0.2, 0) is 4.79 Å². The molecule has 0 saturated heterocycles. The third-order valence-electron chi connectivity index (χ3n) is 1.18. The minimum absolute atomic E-state index is 0.149. The molecule has 1 aliphatic heterocycles. The zero-order valence-electron chi connectivity index (χ0n) is 6.22. The second-order valence-electron chi connectivity index (χ2n) is 2.30. The Morgan fingerprint density at radius 2 is 2.55 bits per heavy atom. The maximum absolute atomic E-state index is 10.5. The third kappa shape index (κ3) is 2.33. The summed E-state index contributed by atoms with van der Waals surface area (Å²) >= 11 is 0. The average Bonchev–Trinajstić information content (AvgIpc) is 1.85. The minimum Gasteiger partial charge on any atom is -0.510 e. The van der Waals surface area contributed by atoms with Crippen LogP contribution in [0, 0.1) is 0 Å². The second-order valence-corrected chi connectivity index (χ2v) is 2.30. The van der Waals surface area contributed by atoms with Crippen molar-refractivity contribution < 1.29 is 9.90 Å². The van der Waals surface area contributed by atoms with E-state index in [4.69, 9.17) is 5.11 Å². The quantitative estimate of drug-likeness (QED) is 0.498. The van der Waals surface area contributed by atoms with Crippen molar-refractivity contribution in [3.8, 4) is 0 Å². The Bertz CT molecular complexity index is 231. The van der Waals surface area contributed by atoms with Crippen molar-refractivity contribution in [1.82, 2.24) is 10.6 Å². The van der Waals surface area contributed by atoms with Crippen LogP contribution in [0.4, 0.5) is 0 Å². The molecule has 0 aliphatic carbocycles.